The number of aliphatic hydroxyl groups is 1. The molecule has 0 fully saturated rings. The summed E-state index contributed by atoms with van der Waals surface area (Å²) in [7, 11) is 0. The van der Waals surface area contributed by atoms with E-state index in [0.29, 0.717) is 3.98 Å². The summed E-state index contributed by atoms with van der Waals surface area (Å²) in [6.07, 6.45) is 1.61. The van der Waals surface area contributed by atoms with E-state index in [0.717, 1.165) is 0 Å². The van der Waals surface area contributed by atoms with Gasteiger partial charge in [-0.25, -0.2) is 0 Å². The number of rotatable bonds is 0. The molecule has 0 aromatic rings. The van der Waals surface area contributed by atoms with Gasteiger partial charge < -0.3 is 0 Å². The maximum atomic E-state index is 8.20. The summed E-state index contributed by atoms with van der Waals surface area (Å²) in [6.45, 7) is 1.77. The molecule has 0 aliphatic heterocycles. The molecule has 0 spiro atoms. The second-order valence-electron chi connectivity index (χ2n) is 0.572. The summed E-state index contributed by atoms with van der Waals surface area (Å²) >= 11 is 1.98. The number of allylic oxidation sites excluding steroid dienone is 1. The minimum atomic E-state index is 0.324. The van der Waals surface area contributed by atoms with Crippen LogP contribution >= 0.6 is 0 Å². The van der Waals surface area contributed by atoms with E-state index < -0.39 is 0 Å². The monoisotopic (exact) mass is 254 g/mol. The van der Waals surface area contributed by atoms with Crippen LogP contribution in [0.1, 0.15) is 6.92 Å². The molecule has 0 atom stereocenters. The van der Waals surface area contributed by atoms with Crippen LogP contribution in [0.2, 0.25) is 0 Å². The summed E-state index contributed by atoms with van der Waals surface area (Å²) in [5.74, 6) is 0. The number of hydrogen-bond donors (Lipinski definition) is 1. The van der Waals surface area contributed by atoms with E-state index in [2.05, 4.69) is 0 Å². The molecule has 1 nitrogen and oxygen atoms in total. The van der Waals surface area contributed by atoms with Gasteiger partial charge in [0.25, 0.3) is 0 Å². The molecule has 0 radical (unpaired) electrons. The van der Waals surface area contributed by atoms with Gasteiger partial charge in [-0.05, 0) is 0 Å². The fraction of sp³-hybridized carbons (Fsp3) is 0.333. The molecule has 2 heteroatoms. The van der Waals surface area contributed by atoms with E-state index >= 15 is 0 Å². The van der Waals surface area contributed by atoms with Gasteiger partial charge in [0, 0.05) is 0 Å². The van der Waals surface area contributed by atoms with Crippen molar-refractivity contribution in [2.45, 2.75) is 6.92 Å². The Morgan fingerprint density at radius 3 is 2.20 bits per heavy atom. The van der Waals surface area contributed by atoms with E-state index in [4.69, 9.17) is 5.11 Å². The third-order valence-electron chi connectivity index (χ3n) is 0.216. The molecule has 34 valence electrons. The SMILES string of the molecule is CC=[C](O)[Au]. The summed E-state index contributed by atoms with van der Waals surface area (Å²) in [5, 5.41) is 8.20. The van der Waals surface area contributed by atoms with Gasteiger partial charge in [0.15, 0.2) is 0 Å². The molecule has 0 bridgehead atoms. The summed E-state index contributed by atoms with van der Waals surface area (Å²) in [4.78, 5) is 0. The van der Waals surface area contributed by atoms with Gasteiger partial charge in [-0.1, -0.05) is 0 Å². The number of aliphatic hydroxyl groups excluding tert-OH is 1. The average Bonchev–Trinajstić information content (AvgIpc) is 1.38. The molecule has 0 aromatic carbocycles. The first kappa shape index (κ1) is 5.28. The van der Waals surface area contributed by atoms with Crippen LogP contribution in [0.4, 0.5) is 0 Å². The van der Waals surface area contributed by atoms with E-state index in [1.807, 2.05) is 21.1 Å². The van der Waals surface area contributed by atoms with Crippen molar-refractivity contribution in [3.63, 3.8) is 0 Å². The average molecular weight is 254 g/mol. The molecule has 0 aliphatic carbocycles. The van der Waals surface area contributed by atoms with Gasteiger partial charge in [-0.15, -0.1) is 0 Å². The Morgan fingerprint density at radius 2 is 2.20 bits per heavy atom. The third kappa shape index (κ3) is 4.28. The van der Waals surface area contributed by atoms with Crippen LogP contribution in [-0.2, 0) is 21.1 Å². The molecule has 0 rings (SSSR count). The Bertz CT molecular complexity index is 44.9. The molecule has 0 amide bonds. The van der Waals surface area contributed by atoms with Crippen molar-refractivity contribution in [2.75, 3.05) is 0 Å². The normalized spacial score (nSPS) is 12.2. The second-order valence-corrected chi connectivity index (χ2v) is 1.68. The van der Waals surface area contributed by atoms with Gasteiger partial charge in [-0.2, -0.15) is 0 Å². The fourth-order valence-electron chi connectivity index (χ4n) is 0. The standard InChI is InChI=1S/C3H5O.Au/c1-2-3-4;/h2,4H,1H3;. The molecular formula is C3H5AuO. The van der Waals surface area contributed by atoms with Crippen LogP contribution in [-0.4, -0.2) is 5.11 Å². The van der Waals surface area contributed by atoms with Crippen LogP contribution in [0.25, 0.3) is 0 Å². The Morgan fingerprint density at radius 1 is 2.00 bits per heavy atom. The summed E-state index contributed by atoms with van der Waals surface area (Å²) < 4.78 is 0.324. The Hall–Kier alpha value is 0.280. The van der Waals surface area contributed by atoms with Crippen molar-refractivity contribution in [1.82, 2.24) is 0 Å². The Kier molecular flexibility index (Phi) is 2.65. The van der Waals surface area contributed by atoms with E-state index in [-0.39, 0.29) is 0 Å². The van der Waals surface area contributed by atoms with Crippen molar-refractivity contribution in [2.24, 2.45) is 0 Å². The predicted octanol–water partition coefficient (Wildman–Crippen LogP) is 0.953. The molecule has 0 heterocycles. The quantitative estimate of drug-likeness (QED) is 0.504. The first-order valence-corrected chi connectivity index (χ1v) is 2.32. The molecule has 0 saturated heterocycles. The first-order chi connectivity index (χ1) is 2.27. The van der Waals surface area contributed by atoms with Crippen LogP contribution in [0, 0.1) is 0 Å². The predicted molar refractivity (Wildman–Crippen MR) is 16.4 cm³/mol. The van der Waals surface area contributed by atoms with Crippen molar-refractivity contribution >= 4 is 0 Å². The molecule has 0 saturated carbocycles. The molecule has 0 aromatic heterocycles. The zero-order valence-corrected chi connectivity index (χ0v) is 4.99. The Labute approximate surface area is 43.6 Å². The molecule has 0 aliphatic rings. The van der Waals surface area contributed by atoms with Gasteiger partial charge in [0.1, 0.15) is 0 Å². The summed E-state index contributed by atoms with van der Waals surface area (Å²) in [6, 6.07) is 0. The van der Waals surface area contributed by atoms with E-state index in [1.54, 1.807) is 13.0 Å². The van der Waals surface area contributed by atoms with Crippen molar-refractivity contribution < 1.29 is 26.2 Å². The summed E-state index contributed by atoms with van der Waals surface area (Å²) in [5.41, 5.74) is 0. The van der Waals surface area contributed by atoms with Gasteiger partial charge in [-0.3, -0.25) is 0 Å². The molecule has 0 unspecified atom stereocenters. The zero-order valence-electron chi connectivity index (χ0n) is 2.83. The minimum absolute atomic E-state index is 0.324. The zero-order chi connectivity index (χ0) is 4.28. The first-order valence-electron chi connectivity index (χ1n) is 1.24. The van der Waals surface area contributed by atoms with Crippen molar-refractivity contribution in [3.05, 3.63) is 10.1 Å². The fourth-order valence-corrected chi connectivity index (χ4v) is 0. The molecule has 5 heavy (non-hydrogen) atoms. The van der Waals surface area contributed by atoms with Crippen LogP contribution in [0.15, 0.2) is 10.1 Å². The van der Waals surface area contributed by atoms with Gasteiger partial charge >= 0.3 is 43.2 Å². The van der Waals surface area contributed by atoms with Gasteiger partial charge in [0.05, 0.1) is 0 Å². The van der Waals surface area contributed by atoms with Crippen molar-refractivity contribution in [1.29, 1.82) is 0 Å². The topological polar surface area (TPSA) is 20.2 Å². The van der Waals surface area contributed by atoms with Crippen LogP contribution < -0.4 is 0 Å². The molecule has 1 N–H and O–H groups in total. The van der Waals surface area contributed by atoms with Crippen LogP contribution in [0.5, 0.6) is 0 Å². The van der Waals surface area contributed by atoms with Crippen LogP contribution in [0.3, 0.4) is 0 Å². The van der Waals surface area contributed by atoms with E-state index in [9.17, 15) is 0 Å². The van der Waals surface area contributed by atoms with Crippen molar-refractivity contribution in [3.8, 4) is 0 Å². The second kappa shape index (κ2) is 2.51. The van der Waals surface area contributed by atoms with Gasteiger partial charge in [0.2, 0.25) is 0 Å². The number of hydrogen-bond acceptors (Lipinski definition) is 1. The maximum absolute atomic E-state index is 8.20. The van der Waals surface area contributed by atoms with E-state index in [1.165, 1.54) is 0 Å². The third-order valence-corrected chi connectivity index (χ3v) is 0.842. The Balaban J connectivity index is 3.14. The molecular weight excluding hydrogens is 249 g/mol.